The second kappa shape index (κ2) is 16.6. The van der Waals surface area contributed by atoms with Gasteiger partial charge in [0, 0.05) is 24.8 Å². The average Bonchev–Trinajstić information content (AvgIpc) is 3.14. The van der Waals surface area contributed by atoms with Gasteiger partial charge in [0.25, 0.3) is 8.32 Å². The molecule has 0 aliphatic carbocycles. The highest BCUT2D eigenvalue weighted by Gasteiger charge is 2.55. The molecule has 0 unspecified atom stereocenters. The number of hydrogen-bond donors (Lipinski definition) is 0. The minimum atomic E-state index is -3.13. The molecule has 274 valence electrons. The number of ether oxygens (including phenoxy) is 6. The van der Waals surface area contributed by atoms with E-state index >= 15 is 0 Å². The Morgan fingerprint density at radius 1 is 0.706 bits per heavy atom. The molecule has 0 aromatic heterocycles. The first-order valence-electron chi connectivity index (χ1n) is 17.8. The van der Waals surface area contributed by atoms with Crippen LogP contribution in [0.5, 0.6) is 23.0 Å². The molecule has 0 saturated carbocycles. The van der Waals surface area contributed by atoms with Crippen molar-refractivity contribution in [1.29, 1.82) is 0 Å². The standard InChI is InChI=1S/C42H55NO7Si/c1-11-48-36(49-12-2)28-43-29(3)37-34(27-35(45-8)40(46-9)41(37)47-10)39(38(43)30-20-19-21-31(26-30)44-7)50-51(42(4,5)6,32-22-15-13-16-23-32)33-24-17-14-18-25-33/h13-27,29,36,38-39H,11-12,28H2,1-10H3/t29-,38+,39-/m0/s1. The van der Waals surface area contributed by atoms with Crippen LogP contribution in [0.1, 0.15) is 76.4 Å². The summed E-state index contributed by atoms with van der Waals surface area (Å²) < 4.78 is 44.6. The Kier molecular flexibility index (Phi) is 12.5. The van der Waals surface area contributed by atoms with Gasteiger partial charge in [0.2, 0.25) is 5.75 Å². The van der Waals surface area contributed by atoms with Crippen LogP contribution in [0.25, 0.3) is 0 Å². The number of fused-ring (bicyclic) bond motifs is 1. The molecule has 8 nitrogen and oxygen atoms in total. The summed E-state index contributed by atoms with van der Waals surface area (Å²) in [6.07, 6.45) is -0.982. The molecule has 9 heteroatoms. The Bertz CT molecular complexity index is 1670. The van der Waals surface area contributed by atoms with E-state index in [-0.39, 0.29) is 17.1 Å². The monoisotopic (exact) mass is 713 g/mol. The predicted molar refractivity (Wildman–Crippen MR) is 205 cm³/mol. The summed E-state index contributed by atoms with van der Waals surface area (Å²) in [7, 11) is 3.56. The quantitative estimate of drug-likeness (QED) is 0.0912. The van der Waals surface area contributed by atoms with Crippen molar-refractivity contribution in [2.24, 2.45) is 0 Å². The molecular formula is C42H55NO7Si. The van der Waals surface area contributed by atoms with Gasteiger partial charge in [0.15, 0.2) is 17.8 Å². The first-order chi connectivity index (χ1) is 24.6. The molecule has 1 aliphatic heterocycles. The summed E-state index contributed by atoms with van der Waals surface area (Å²) in [4.78, 5) is 2.43. The SMILES string of the molecule is CCOC(CN1[C@H](c2cccc(OC)c2)[C@@H](O[Si](c2ccccc2)(c2ccccc2)C(C)(C)C)c2cc(OC)c(OC)c(OC)c2[C@@H]1C)OCC. The minimum Gasteiger partial charge on any atom is -0.497 e. The third-order valence-electron chi connectivity index (χ3n) is 9.99. The van der Waals surface area contributed by atoms with Crippen LogP contribution in [-0.2, 0) is 13.9 Å². The van der Waals surface area contributed by atoms with Gasteiger partial charge in [-0.1, -0.05) is 93.6 Å². The van der Waals surface area contributed by atoms with E-state index in [1.54, 1.807) is 28.4 Å². The van der Waals surface area contributed by atoms with E-state index in [0.29, 0.717) is 37.0 Å². The van der Waals surface area contributed by atoms with Gasteiger partial charge in [-0.25, -0.2) is 0 Å². The number of hydrogen-bond acceptors (Lipinski definition) is 8. The lowest BCUT2D eigenvalue weighted by Gasteiger charge is -2.52. The van der Waals surface area contributed by atoms with E-state index in [1.807, 2.05) is 26.0 Å². The van der Waals surface area contributed by atoms with Gasteiger partial charge in [-0.2, -0.15) is 0 Å². The molecule has 0 radical (unpaired) electrons. The molecule has 0 bridgehead atoms. The maximum absolute atomic E-state index is 8.16. The van der Waals surface area contributed by atoms with Crippen LogP contribution in [-0.4, -0.2) is 67.7 Å². The second-order valence-corrected chi connectivity index (χ2v) is 18.0. The molecule has 5 rings (SSSR count). The van der Waals surface area contributed by atoms with Crippen molar-refractivity contribution in [3.63, 3.8) is 0 Å². The number of nitrogens with zero attached hydrogens (tertiary/aromatic N) is 1. The third kappa shape index (κ3) is 7.41. The van der Waals surface area contributed by atoms with Gasteiger partial charge in [-0.05, 0) is 65.5 Å². The van der Waals surface area contributed by atoms with E-state index in [1.165, 1.54) is 10.4 Å². The molecule has 1 heterocycles. The smallest absolute Gasteiger partial charge is 0.261 e. The molecule has 0 fully saturated rings. The van der Waals surface area contributed by atoms with Gasteiger partial charge >= 0.3 is 0 Å². The molecule has 3 atom stereocenters. The molecule has 0 saturated heterocycles. The lowest BCUT2D eigenvalue weighted by molar-refractivity contribution is -0.161. The molecular weight excluding hydrogens is 659 g/mol. The fourth-order valence-electron chi connectivity index (χ4n) is 7.78. The summed E-state index contributed by atoms with van der Waals surface area (Å²) in [5.74, 6) is 2.51. The van der Waals surface area contributed by atoms with E-state index < -0.39 is 20.7 Å². The van der Waals surface area contributed by atoms with Crippen molar-refractivity contribution in [3.05, 3.63) is 108 Å². The van der Waals surface area contributed by atoms with Crippen LogP contribution < -0.4 is 29.3 Å². The van der Waals surface area contributed by atoms with Crippen molar-refractivity contribution < 1.29 is 32.8 Å². The van der Waals surface area contributed by atoms with Gasteiger partial charge in [0.1, 0.15) is 5.75 Å². The van der Waals surface area contributed by atoms with Crippen LogP contribution in [0.3, 0.4) is 0 Å². The van der Waals surface area contributed by atoms with E-state index in [4.69, 9.17) is 32.8 Å². The fraction of sp³-hybridized carbons (Fsp3) is 0.429. The topological polar surface area (TPSA) is 67.9 Å². The highest BCUT2D eigenvalue weighted by molar-refractivity contribution is 6.99. The fourth-order valence-corrected chi connectivity index (χ4v) is 12.4. The number of benzene rings is 4. The lowest BCUT2D eigenvalue weighted by Crippen LogP contribution is -2.67. The third-order valence-corrected chi connectivity index (χ3v) is 15.0. The maximum atomic E-state index is 8.16. The largest absolute Gasteiger partial charge is 0.497 e. The van der Waals surface area contributed by atoms with Gasteiger partial charge in [-0.3, -0.25) is 4.90 Å². The van der Waals surface area contributed by atoms with Gasteiger partial charge < -0.3 is 32.8 Å². The second-order valence-electron chi connectivity index (χ2n) is 13.8. The Morgan fingerprint density at radius 2 is 1.29 bits per heavy atom. The summed E-state index contributed by atoms with van der Waals surface area (Å²) in [6.45, 7) is 14.6. The molecule has 0 spiro atoms. The van der Waals surface area contributed by atoms with Crippen molar-refractivity contribution >= 4 is 18.7 Å². The zero-order valence-corrected chi connectivity index (χ0v) is 32.9. The molecule has 4 aromatic carbocycles. The number of rotatable bonds is 15. The van der Waals surface area contributed by atoms with E-state index in [0.717, 1.165) is 22.4 Å². The highest BCUT2D eigenvalue weighted by Crippen LogP contribution is 2.57. The molecule has 1 aliphatic rings. The molecule has 0 N–H and O–H groups in total. The Balaban J connectivity index is 1.91. The van der Waals surface area contributed by atoms with Crippen LogP contribution in [0.2, 0.25) is 5.04 Å². The van der Waals surface area contributed by atoms with Crippen molar-refractivity contribution in [3.8, 4) is 23.0 Å². The zero-order valence-electron chi connectivity index (χ0n) is 31.9. The van der Waals surface area contributed by atoms with Crippen LogP contribution in [0, 0.1) is 0 Å². The number of methoxy groups -OCH3 is 4. The van der Waals surface area contributed by atoms with Gasteiger partial charge in [-0.15, -0.1) is 0 Å². The molecule has 51 heavy (non-hydrogen) atoms. The Morgan fingerprint density at radius 3 is 1.78 bits per heavy atom. The molecule has 4 aromatic rings. The van der Waals surface area contributed by atoms with E-state index in [9.17, 15) is 0 Å². The highest BCUT2D eigenvalue weighted by atomic mass is 28.4. The summed E-state index contributed by atoms with van der Waals surface area (Å²) in [6, 6.07) is 31.4. The minimum absolute atomic E-state index is 0.173. The predicted octanol–water partition coefficient (Wildman–Crippen LogP) is 7.86. The van der Waals surface area contributed by atoms with Crippen LogP contribution >= 0.6 is 0 Å². The van der Waals surface area contributed by atoms with Crippen molar-refractivity contribution in [2.75, 3.05) is 48.2 Å². The van der Waals surface area contributed by atoms with Crippen molar-refractivity contribution in [1.82, 2.24) is 4.90 Å². The first-order valence-corrected chi connectivity index (χ1v) is 19.7. The van der Waals surface area contributed by atoms with Crippen molar-refractivity contribution in [2.45, 2.75) is 71.1 Å². The first kappa shape index (κ1) is 38.4. The van der Waals surface area contributed by atoms with Crippen LogP contribution in [0.15, 0.2) is 91.0 Å². The zero-order chi connectivity index (χ0) is 36.8. The normalized spacial score (nSPS) is 18.0. The Labute approximate surface area is 305 Å². The van der Waals surface area contributed by atoms with Crippen LogP contribution in [0.4, 0.5) is 0 Å². The lowest BCUT2D eigenvalue weighted by atomic mass is 9.82. The summed E-state index contributed by atoms with van der Waals surface area (Å²) in [5, 5.41) is 2.09. The molecule has 0 amide bonds. The van der Waals surface area contributed by atoms with E-state index in [2.05, 4.69) is 111 Å². The Hall–Kier alpha value is -3.86. The summed E-state index contributed by atoms with van der Waals surface area (Å²) in [5.41, 5.74) is 3.01. The van der Waals surface area contributed by atoms with Gasteiger partial charge in [0.05, 0.1) is 47.1 Å². The average molecular weight is 714 g/mol. The maximum Gasteiger partial charge on any atom is 0.261 e. The summed E-state index contributed by atoms with van der Waals surface area (Å²) >= 11 is 0.